The van der Waals surface area contributed by atoms with Gasteiger partial charge in [0.05, 0.1) is 28.2 Å². The summed E-state index contributed by atoms with van der Waals surface area (Å²) in [6.07, 6.45) is 2.52. The minimum absolute atomic E-state index is 0.193. The number of sulfonamides is 1. The summed E-state index contributed by atoms with van der Waals surface area (Å²) in [5.41, 5.74) is 0.710. The second-order valence-electron chi connectivity index (χ2n) is 5.81. The third kappa shape index (κ3) is 5.58. The van der Waals surface area contributed by atoms with Gasteiger partial charge in [-0.2, -0.15) is 0 Å². The zero-order chi connectivity index (χ0) is 20.7. The van der Waals surface area contributed by atoms with Crippen molar-refractivity contribution in [3.8, 4) is 0 Å². The number of nitrogens with one attached hydrogen (secondary N) is 2. The Kier molecular flexibility index (Phi) is 7.19. The van der Waals surface area contributed by atoms with Crippen LogP contribution in [0.5, 0.6) is 0 Å². The normalized spacial score (nSPS) is 10.8. The number of nitrogens with zero attached hydrogens (tertiary/aromatic N) is 1. The average Bonchev–Trinajstić information content (AvgIpc) is 2.64. The van der Waals surface area contributed by atoms with E-state index in [-0.39, 0.29) is 34.4 Å². The Labute approximate surface area is 169 Å². The molecule has 2 aromatic carbocycles. The highest BCUT2D eigenvalue weighted by molar-refractivity contribution is 7.92. The molecule has 0 saturated heterocycles. The molecule has 0 aromatic heterocycles. The zero-order valence-corrected chi connectivity index (χ0v) is 16.8. The lowest BCUT2D eigenvalue weighted by Crippen LogP contribution is -2.38. The fourth-order valence-corrected chi connectivity index (χ4v) is 3.56. The first kappa shape index (κ1) is 21.5. The van der Waals surface area contributed by atoms with Gasteiger partial charge in [0.25, 0.3) is 5.91 Å². The van der Waals surface area contributed by atoms with Gasteiger partial charge in [-0.05, 0) is 24.3 Å². The molecule has 7 nitrogen and oxygen atoms in total. The number of rotatable bonds is 8. The van der Waals surface area contributed by atoms with E-state index >= 15 is 0 Å². The van der Waals surface area contributed by atoms with Gasteiger partial charge in [-0.15, -0.1) is 6.58 Å². The molecule has 2 rings (SSSR count). The maximum Gasteiger partial charge on any atom is 0.253 e. The largest absolute Gasteiger partial charge is 0.349 e. The Balaban J connectivity index is 2.24. The molecule has 0 aliphatic rings. The molecule has 0 saturated carbocycles. The molecule has 0 fully saturated rings. The minimum Gasteiger partial charge on any atom is -0.349 e. The molecule has 0 heterocycles. The predicted molar refractivity (Wildman–Crippen MR) is 111 cm³/mol. The standard InChI is InChI=1S/C19H20ClN3O4S/c1-3-12-21-19(25)14-8-4-6-10-16(14)22-18(24)13-23(28(2,26)27)17-11-7-5-9-15(17)20/h3-11H,1,12-13H2,2H3,(H,21,25)(H,22,24). The van der Waals surface area contributed by atoms with Crippen molar-refractivity contribution in [1.29, 1.82) is 0 Å². The summed E-state index contributed by atoms with van der Waals surface area (Å²) in [5, 5.41) is 5.41. The predicted octanol–water partition coefficient (Wildman–Crippen LogP) is 2.66. The summed E-state index contributed by atoms with van der Waals surface area (Å²) in [6, 6.07) is 12.7. The van der Waals surface area contributed by atoms with E-state index in [4.69, 9.17) is 11.6 Å². The molecule has 9 heteroatoms. The maximum atomic E-state index is 12.5. The Morgan fingerprint density at radius 1 is 1.14 bits per heavy atom. The molecule has 2 amide bonds. The van der Waals surface area contributed by atoms with Crippen molar-refractivity contribution in [1.82, 2.24) is 5.32 Å². The number of benzene rings is 2. The van der Waals surface area contributed by atoms with E-state index in [1.807, 2.05) is 0 Å². The first-order valence-corrected chi connectivity index (χ1v) is 10.5. The van der Waals surface area contributed by atoms with E-state index in [1.54, 1.807) is 36.4 Å². The van der Waals surface area contributed by atoms with Crippen molar-refractivity contribution in [3.63, 3.8) is 0 Å². The van der Waals surface area contributed by atoms with Crippen LogP contribution in [0.3, 0.4) is 0 Å². The second kappa shape index (κ2) is 9.38. The zero-order valence-electron chi connectivity index (χ0n) is 15.2. The lowest BCUT2D eigenvalue weighted by molar-refractivity contribution is -0.114. The smallest absolute Gasteiger partial charge is 0.253 e. The monoisotopic (exact) mass is 421 g/mol. The molecule has 2 aromatic rings. The Bertz CT molecular complexity index is 992. The maximum absolute atomic E-state index is 12.5. The number of carbonyl (C=O) groups is 2. The number of anilines is 2. The van der Waals surface area contributed by atoms with E-state index in [0.717, 1.165) is 10.6 Å². The molecule has 0 aliphatic heterocycles. The molecular formula is C19H20ClN3O4S. The number of hydrogen-bond donors (Lipinski definition) is 2. The lowest BCUT2D eigenvalue weighted by atomic mass is 10.1. The first-order chi connectivity index (χ1) is 13.2. The highest BCUT2D eigenvalue weighted by Gasteiger charge is 2.23. The molecule has 0 aliphatic carbocycles. The van der Waals surface area contributed by atoms with Crippen LogP contribution in [0.2, 0.25) is 5.02 Å². The van der Waals surface area contributed by atoms with Crippen LogP contribution in [0.25, 0.3) is 0 Å². The fraction of sp³-hybridized carbons (Fsp3) is 0.158. The van der Waals surface area contributed by atoms with E-state index in [2.05, 4.69) is 17.2 Å². The number of halogens is 1. The fourth-order valence-electron chi connectivity index (χ4n) is 2.41. The molecule has 0 atom stereocenters. The van der Waals surface area contributed by atoms with Gasteiger partial charge >= 0.3 is 0 Å². The lowest BCUT2D eigenvalue weighted by Gasteiger charge is -2.23. The summed E-state index contributed by atoms with van der Waals surface area (Å²) in [4.78, 5) is 24.8. The molecule has 0 bridgehead atoms. The van der Waals surface area contributed by atoms with E-state index in [9.17, 15) is 18.0 Å². The Morgan fingerprint density at radius 2 is 1.79 bits per heavy atom. The van der Waals surface area contributed by atoms with E-state index < -0.39 is 22.5 Å². The van der Waals surface area contributed by atoms with Gasteiger partial charge in [0.1, 0.15) is 6.54 Å². The van der Waals surface area contributed by atoms with Crippen molar-refractivity contribution in [2.24, 2.45) is 0 Å². The van der Waals surface area contributed by atoms with E-state index in [1.165, 1.54) is 18.2 Å². The Morgan fingerprint density at radius 3 is 2.43 bits per heavy atom. The van der Waals surface area contributed by atoms with Crippen molar-refractivity contribution >= 4 is 44.8 Å². The van der Waals surface area contributed by atoms with Gasteiger partial charge in [-0.3, -0.25) is 13.9 Å². The van der Waals surface area contributed by atoms with Crippen LogP contribution in [-0.2, 0) is 14.8 Å². The summed E-state index contributed by atoms with van der Waals surface area (Å²) < 4.78 is 25.3. The van der Waals surface area contributed by atoms with Gasteiger partial charge in [0, 0.05) is 6.54 Å². The van der Waals surface area contributed by atoms with Crippen LogP contribution in [0.1, 0.15) is 10.4 Å². The third-order valence-electron chi connectivity index (χ3n) is 3.66. The molecule has 2 N–H and O–H groups in total. The molecule has 148 valence electrons. The van der Waals surface area contributed by atoms with Gasteiger partial charge < -0.3 is 10.6 Å². The van der Waals surface area contributed by atoms with Crippen molar-refractivity contribution in [2.75, 3.05) is 29.0 Å². The second-order valence-corrected chi connectivity index (χ2v) is 8.13. The molecular weight excluding hydrogens is 402 g/mol. The number of amides is 2. The first-order valence-electron chi connectivity index (χ1n) is 8.24. The number of para-hydroxylation sites is 2. The third-order valence-corrected chi connectivity index (χ3v) is 5.11. The molecule has 0 radical (unpaired) electrons. The number of hydrogen-bond acceptors (Lipinski definition) is 4. The summed E-state index contributed by atoms with van der Waals surface area (Å²) in [6.45, 7) is 3.31. The topological polar surface area (TPSA) is 95.6 Å². The van der Waals surface area contributed by atoms with Crippen LogP contribution in [0.15, 0.2) is 61.2 Å². The quantitative estimate of drug-likeness (QED) is 0.640. The van der Waals surface area contributed by atoms with Crippen molar-refractivity contribution in [3.05, 3.63) is 71.8 Å². The van der Waals surface area contributed by atoms with Gasteiger partial charge in [-0.25, -0.2) is 8.42 Å². The highest BCUT2D eigenvalue weighted by atomic mass is 35.5. The highest BCUT2D eigenvalue weighted by Crippen LogP contribution is 2.27. The van der Waals surface area contributed by atoms with Crippen molar-refractivity contribution < 1.29 is 18.0 Å². The summed E-state index contributed by atoms with van der Waals surface area (Å²) in [7, 11) is -3.77. The Hall–Kier alpha value is -2.84. The van der Waals surface area contributed by atoms with Gasteiger partial charge in [-0.1, -0.05) is 41.9 Å². The average molecular weight is 422 g/mol. The van der Waals surface area contributed by atoms with Gasteiger partial charge in [0.2, 0.25) is 15.9 Å². The summed E-state index contributed by atoms with van der Waals surface area (Å²) in [5.74, 6) is -1.00. The van der Waals surface area contributed by atoms with Crippen LogP contribution >= 0.6 is 11.6 Å². The SMILES string of the molecule is C=CCNC(=O)c1ccccc1NC(=O)CN(c1ccccc1Cl)S(C)(=O)=O. The summed E-state index contributed by atoms with van der Waals surface area (Å²) >= 11 is 6.09. The van der Waals surface area contributed by atoms with Gasteiger partial charge in [0.15, 0.2) is 0 Å². The van der Waals surface area contributed by atoms with E-state index in [0.29, 0.717) is 0 Å². The van der Waals surface area contributed by atoms with Crippen LogP contribution < -0.4 is 14.9 Å². The minimum atomic E-state index is -3.77. The molecule has 28 heavy (non-hydrogen) atoms. The number of carbonyl (C=O) groups excluding carboxylic acids is 2. The molecule has 0 unspecified atom stereocenters. The van der Waals surface area contributed by atoms with Crippen molar-refractivity contribution in [2.45, 2.75) is 0 Å². The molecule has 0 spiro atoms. The van der Waals surface area contributed by atoms with Crippen LogP contribution in [-0.4, -0.2) is 39.6 Å². The van der Waals surface area contributed by atoms with Crippen LogP contribution in [0, 0.1) is 0 Å². The van der Waals surface area contributed by atoms with Crippen LogP contribution in [0.4, 0.5) is 11.4 Å².